The summed E-state index contributed by atoms with van der Waals surface area (Å²) in [5.74, 6) is 0.651. The molecule has 5 heteroatoms. The Labute approximate surface area is 188 Å². The average Bonchev–Trinajstić information content (AvgIpc) is 2.72. The van der Waals surface area contributed by atoms with Crippen molar-refractivity contribution in [2.45, 2.75) is 103 Å². The Bertz CT molecular complexity index is 686. The second kappa shape index (κ2) is 12.2. The van der Waals surface area contributed by atoms with Crippen molar-refractivity contribution in [1.82, 2.24) is 10.2 Å². The number of benzene rings is 1. The van der Waals surface area contributed by atoms with Crippen LogP contribution in [0.2, 0.25) is 0 Å². The third-order valence-corrected chi connectivity index (χ3v) is 6.10. The van der Waals surface area contributed by atoms with Gasteiger partial charge in [-0.2, -0.15) is 0 Å². The third kappa shape index (κ3) is 9.02. The number of nitrogens with one attached hydrogen (secondary N) is 1. The van der Waals surface area contributed by atoms with Crippen molar-refractivity contribution in [3.05, 3.63) is 35.4 Å². The summed E-state index contributed by atoms with van der Waals surface area (Å²) >= 11 is 0. The number of unbranched alkanes of at least 4 members (excludes halogenated alkanes) is 2. The van der Waals surface area contributed by atoms with Gasteiger partial charge >= 0.3 is 5.97 Å². The molecule has 1 aliphatic carbocycles. The summed E-state index contributed by atoms with van der Waals surface area (Å²) in [4.78, 5) is 26.2. The molecule has 0 unspecified atom stereocenters. The Kier molecular flexibility index (Phi) is 10.0. The van der Waals surface area contributed by atoms with Crippen LogP contribution >= 0.6 is 0 Å². The van der Waals surface area contributed by atoms with Crippen LogP contribution in [0.1, 0.15) is 96.1 Å². The average molecular weight is 431 g/mol. The van der Waals surface area contributed by atoms with E-state index in [2.05, 4.69) is 36.5 Å². The molecule has 0 heterocycles. The fourth-order valence-electron chi connectivity index (χ4n) is 4.30. The molecule has 174 valence electrons. The van der Waals surface area contributed by atoms with Gasteiger partial charge in [0.05, 0.1) is 6.54 Å². The maximum atomic E-state index is 12.4. The van der Waals surface area contributed by atoms with E-state index in [1.54, 1.807) is 0 Å². The topological polar surface area (TPSA) is 58.6 Å². The van der Waals surface area contributed by atoms with Crippen LogP contribution in [0, 0.1) is 0 Å². The molecule has 1 saturated carbocycles. The molecule has 1 amide bonds. The maximum absolute atomic E-state index is 12.4. The molecule has 0 radical (unpaired) electrons. The van der Waals surface area contributed by atoms with E-state index in [9.17, 15) is 9.59 Å². The molecule has 0 bridgehead atoms. The largest absolute Gasteiger partial charge is 0.459 e. The lowest BCUT2D eigenvalue weighted by Crippen LogP contribution is -2.39. The number of carbonyl (C=O) groups is 2. The van der Waals surface area contributed by atoms with Gasteiger partial charge in [0.1, 0.15) is 5.60 Å². The molecule has 31 heavy (non-hydrogen) atoms. The Morgan fingerprint density at radius 1 is 1.06 bits per heavy atom. The molecule has 0 atom stereocenters. The second-order valence-corrected chi connectivity index (χ2v) is 9.90. The minimum Gasteiger partial charge on any atom is -0.459 e. The first-order valence-electron chi connectivity index (χ1n) is 12.0. The highest BCUT2D eigenvalue weighted by Crippen LogP contribution is 2.34. The molecule has 0 saturated heterocycles. The van der Waals surface area contributed by atoms with Gasteiger partial charge in [-0.25, -0.2) is 0 Å². The normalized spacial score (nSPS) is 19.1. The third-order valence-electron chi connectivity index (χ3n) is 6.10. The number of esters is 1. The molecule has 0 aliphatic heterocycles. The number of nitrogens with zero attached hydrogens (tertiary/aromatic N) is 1. The van der Waals surface area contributed by atoms with Crippen LogP contribution in [0.15, 0.2) is 24.3 Å². The van der Waals surface area contributed by atoms with Gasteiger partial charge in [-0.3, -0.25) is 9.59 Å². The Morgan fingerprint density at radius 2 is 1.71 bits per heavy atom. The molecule has 0 aromatic heterocycles. The summed E-state index contributed by atoms with van der Waals surface area (Å²) in [5, 5.41) is 3.16. The zero-order valence-electron chi connectivity index (χ0n) is 20.2. The summed E-state index contributed by atoms with van der Waals surface area (Å²) in [7, 11) is 1.98. The zero-order chi connectivity index (χ0) is 22.9. The first-order chi connectivity index (χ1) is 14.7. The Hall–Kier alpha value is -1.88. The van der Waals surface area contributed by atoms with Gasteiger partial charge < -0.3 is 15.0 Å². The predicted molar refractivity (Wildman–Crippen MR) is 126 cm³/mol. The molecule has 1 aromatic carbocycles. The van der Waals surface area contributed by atoms with Crippen LogP contribution in [0.3, 0.4) is 0 Å². The molecular formula is C26H42N2O3. The molecule has 1 N–H and O–H groups in total. The molecule has 2 rings (SSSR count). The van der Waals surface area contributed by atoms with Crippen molar-refractivity contribution in [2.24, 2.45) is 0 Å². The highest BCUT2D eigenvalue weighted by atomic mass is 16.6. The lowest BCUT2D eigenvalue weighted by atomic mass is 9.81. The first kappa shape index (κ1) is 25.4. The maximum Gasteiger partial charge on any atom is 0.320 e. The number of amides is 1. The van der Waals surface area contributed by atoms with Gasteiger partial charge in [0, 0.05) is 26.1 Å². The minimum absolute atomic E-state index is 0.216. The number of carbonyl (C=O) groups excluding carboxylic acids is 2. The van der Waals surface area contributed by atoms with Crippen molar-refractivity contribution < 1.29 is 14.3 Å². The Balaban J connectivity index is 1.74. The van der Waals surface area contributed by atoms with Gasteiger partial charge in [-0.15, -0.1) is 0 Å². The number of ether oxygens (including phenoxy) is 1. The number of rotatable bonds is 10. The fourth-order valence-corrected chi connectivity index (χ4v) is 4.30. The van der Waals surface area contributed by atoms with Crippen LogP contribution < -0.4 is 5.32 Å². The van der Waals surface area contributed by atoms with Crippen molar-refractivity contribution in [3.63, 3.8) is 0 Å². The summed E-state index contributed by atoms with van der Waals surface area (Å²) in [6.45, 7) is 8.66. The van der Waals surface area contributed by atoms with E-state index >= 15 is 0 Å². The summed E-state index contributed by atoms with van der Waals surface area (Å²) in [5.41, 5.74) is 2.10. The smallest absolute Gasteiger partial charge is 0.320 e. The van der Waals surface area contributed by atoms with E-state index in [0.717, 1.165) is 44.9 Å². The fraction of sp³-hybridized carbons (Fsp3) is 0.692. The quantitative estimate of drug-likeness (QED) is 0.410. The molecular weight excluding hydrogens is 388 g/mol. The van der Waals surface area contributed by atoms with E-state index in [-0.39, 0.29) is 12.5 Å². The predicted octanol–water partition coefficient (Wildman–Crippen LogP) is 5.18. The highest BCUT2D eigenvalue weighted by Gasteiger charge is 2.27. The van der Waals surface area contributed by atoms with Crippen LogP contribution in [0.4, 0.5) is 0 Å². The van der Waals surface area contributed by atoms with Gasteiger partial charge in [0.15, 0.2) is 0 Å². The summed E-state index contributed by atoms with van der Waals surface area (Å²) in [6.07, 6.45) is 8.42. The van der Waals surface area contributed by atoms with E-state index in [4.69, 9.17) is 4.74 Å². The summed E-state index contributed by atoms with van der Waals surface area (Å²) < 4.78 is 5.31. The lowest BCUT2D eigenvalue weighted by Gasteiger charge is -2.35. The molecule has 5 nitrogen and oxygen atoms in total. The standard InChI is InChI=1S/C26H42N2O3/c1-6-7-8-9-24(29)28(5)23-16-14-22(15-17-23)21-12-10-20(11-13-21)18-27-19-25(30)31-26(2,3)4/h10-13,22-23,27H,6-9,14-19H2,1-5H3/t22-,23-. The number of hydrogen-bond donors (Lipinski definition) is 1. The van der Waals surface area contributed by atoms with Crippen molar-refractivity contribution in [3.8, 4) is 0 Å². The highest BCUT2D eigenvalue weighted by molar-refractivity contribution is 5.76. The second-order valence-electron chi connectivity index (χ2n) is 9.90. The van der Waals surface area contributed by atoms with Gasteiger partial charge in [-0.1, -0.05) is 44.0 Å². The van der Waals surface area contributed by atoms with E-state index in [1.165, 1.54) is 11.1 Å². The summed E-state index contributed by atoms with van der Waals surface area (Å²) in [6, 6.07) is 9.12. The van der Waals surface area contributed by atoms with Gasteiger partial charge in [0.25, 0.3) is 0 Å². The van der Waals surface area contributed by atoms with E-state index < -0.39 is 5.60 Å². The van der Waals surface area contributed by atoms with Crippen molar-refractivity contribution in [1.29, 1.82) is 0 Å². The minimum atomic E-state index is -0.448. The van der Waals surface area contributed by atoms with E-state index in [1.807, 2.05) is 32.7 Å². The van der Waals surface area contributed by atoms with Gasteiger partial charge in [-0.05, 0) is 69.9 Å². The van der Waals surface area contributed by atoms with Gasteiger partial charge in [0.2, 0.25) is 5.91 Å². The lowest BCUT2D eigenvalue weighted by molar-refractivity contribution is -0.153. The van der Waals surface area contributed by atoms with E-state index in [0.29, 0.717) is 30.8 Å². The molecule has 0 spiro atoms. The monoisotopic (exact) mass is 430 g/mol. The zero-order valence-corrected chi connectivity index (χ0v) is 20.2. The SMILES string of the molecule is CCCCCC(=O)N(C)[C@H]1CC[C@H](c2ccc(CNCC(=O)OC(C)(C)C)cc2)CC1. The molecule has 1 aliphatic rings. The van der Waals surface area contributed by atoms with Crippen molar-refractivity contribution in [2.75, 3.05) is 13.6 Å². The molecule has 1 aromatic rings. The van der Waals surface area contributed by atoms with Crippen molar-refractivity contribution >= 4 is 11.9 Å². The van der Waals surface area contributed by atoms with Crippen LogP contribution in [0.25, 0.3) is 0 Å². The molecule has 1 fully saturated rings. The first-order valence-corrected chi connectivity index (χ1v) is 12.0. The van der Waals surface area contributed by atoms with Crippen LogP contribution in [-0.4, -0.2) is 42.0 Å². The number of hydrogen-bond acceptors (Lipinski definition) is 4. The van der Waals surface area contributed by atoms with Crippen LogP contribution in [0.5, 0.6) is 0 Å². The van der Waals surface area contributed by atoms with Crippen LogP contribution in [-0.2, 0) is 20.9 Å². The Morgan fingerprint density at radius 3 is 2.29 bits per heavy atom.